The molecule has 2 aliphatic heterocycles. The van der Waals surface area contributed by atoms with Crippen molar-refractivity contribution < 1.29 is 4.74 Å². The highest BCUT2D eigenvalue weighted by Gasteiger charge is 2.26. The van der Waals surface area contributed by atoms with E-state index >= 15 is 0 Å². The number of hydrogen-bond acceptors (Lipinski definition) is 8. The molecule has 2 unspecified atom stereocenters. The molecule has 5 aromatic rings. The first-order chi connectivity index (χ1) is 21.9. The van der Waals surface area contributed by atoms with Crippen molar-refractivity contribution >= 4 is 22.7 Å². The Morgan fingerprint density at radius 1 is 0.978 bits per heavy atom. The zero-order valence-corrected chi connectivity index (χ0v) is 25.7. The second-order valence-electron chi connectivity index (χ2n) is 11.9. The lowest BCUT2D eigenvalue weighted by atomic mass is 10.0. The summed E-state index contributed by atoms with van der Waals surface area (Å²) in [7, 11) is 2.11. The first-order valence-electron chi connectivity index (χ1n) is 15.5. The summed E-state index contributed by atoms with van der Waals surface area (Å²) in [5, 5.41) is 4.05. The molecule has 5 heterocycles. The van der Waals surface area contributed by atoms with Gasteiger partial charge < -0.3 is 19.9 Å². The maximum atomic E-state index is 14.2. The van der Waals surface area contributed by atoms with Crippen LogP contribution in [0, 0.1) is 0 Å². The number of nitrogens with one attached hydrogen (secondary N) is 1. The maximum Gasteiger partial charge on any atom is 0.266 e. The van der Waals surface area contributed by atoms with Gasteiger partial charge in [-0.05, 0) is 74.3 Å². The van der Waals surface area contributed by atoms with Gasteiger partial charge in [0.1, 0.15) is 0 Å². The van der Waals surface area contributed by atoms with Crippen molar-refractivity contribution in [1.29, 1.82) is 0 Å². The van der Waals surface area contributed by atoms with Crippen LogP contribution in [0.5, 0.6) is 0 Å². The Morgan fingerprint density at radius 2 is 1.78 bits per heavy atom. The molecule has 0 aliphatic carbocycles. The molecule has 0 spiro atoms. The van der Waals surface area contributed by atoms with E-state index in [-0.39, 0.29) is 17.7 Å². The van der Waals surface area contributed by atoms with Crippen molar-refractivity contribution in [2.75, 3.05) is 38.6 Å². The Balaban J connectivity index is 1.22. The first-order valence-corrected chi connectivity index (χ1v) is 15.5. The number of pyridine rings is 2. The second kappa shape index (κ2) is 12.3. The summed E-state index contributed by atoms with van der Waals surface area (Å²) in [6, 6.07) is 23.9. The van der Waals surface area contributed by atoms with Crippen LogP contribution in [0.4, 0.5) is 11.6 Å². The van der Waals surface area contributed by atoms with Crippen LogP contribution in [-0.4, -0.2) is 62.6 Å². The molecule has 3 aromatic heterocycles. The molecule has 0 bridgehead atoms. The third-order valence-corrected chi connectivity index (χ3v) is 8.75. The van der Waals surface area contributed by atoms with Crippen molar-refractivity contribution in [2.24, 2.45) is 0 Å². The highest BCUT2D eigenvalue weighted by molar-refractivity contribution is 5.82. The van der Waals surface area contributed by atoms with Gasteiger partial charge in [0.15, 0.2) is 5.65 Å². The number of para-hydroxylation sites is 1. The number of rotatable bonds is 7. The number of nitrogens with zero attached hydrogens (tertiary/aromatic N) is 6. The zero-order chi connectivity index (χ0) is 30.9. The standard InChI is InChI=1S/C36H37N7O2/c1-24(2)42-17-7-10-32(42)26-13-16-31(37-21-26)30-20-27-22-38-36(40-34(27)43(35(30)44)29-8-5-4-6-9-29)39-28-14-11-25(12-15-28)33-23-41(3)18-19-45-33/h4-6,8-9,11-16,20-22,32-33H,1,7,10,17-19,23H2,2-3H3,(H,38,39,40). The zero-order valence-electron chi connectivity index (χ0n) is 25.7. The third kappa shape index (κ3) is 5.84. The van der Waals surface area contributed by atoms with Gasteiger partial charge in [0.25, 0.3) is 5.56 Å². The summed E-state index contributed by atoms with van der Waals surface area (Å²) in [5.41, 5.74) is 6.35. The normalized spacial score (nSPS) is 18.8. The molecule has 1 N–H and O–H groups in total. The van der Waals surface area contributed by atoms with Crippen LogP contribution in [0.1, 0.15) is 43.0 Å². The Kier molecular flexibility index (Phi) is 7.87. The van der Waals surface area contributed by atoms with Gasteiger partial charge in [-0.2, -0.15) is 4.98 Å². The summed E-state index contributed by atoms with van der Waals surface area (Å²) >= 11 is 0. The molecule has 0 amide bonds. The topological polar surface area (TPSA) is 88.4 Å². The van der Waals surface area contributed by atoms with Gasteiger partial charge in [0.2, 0.25) is 5.95 Å². The Labute approximate surface area is 262 Å². The summed E-state index contributed by atoms with van der Waals surface area (Å²) in [6.07, 6.45) is 5.90. The van der Waals surface area contributed by atoms with Gasteiger partial charge >= 0.3 is 0 Å². The van der Waals surface area contributed by atoms with E-state index in [1.165, 1.54) is 0 Å². The predicted molar refractivity (Wildman–Crippen MR) is 178 cm³/mol. The van der Waals surface area contributed by atoms with Crippen molar-refractivity contribution in [3.05, 3.63) is 119 Å². The highest BCUT2D eigenvalue weighted by atomic mass is 16.5. The second-order valence-corrected chi connectivity index (χ2v) is 11.9. The van der Waals surface area contributed by atoms with Gasteiger partial charge in [-0.1, -0.05) is 43.0 Å². The number of allylic oxidation sites excluding steroid dienone is 1. The molecule has 0 saturated carbocycles. The van der Waals surface area contributed by atoms with E-state index in [1.54, 1.807) is 10.8 Å². The van der Waals surface area contributed by atoms with Crippen LogP contribution < -0.4 is 10.9 Å². The maximum absolute atomic E-state index is 14.2. The molecule has 0 radical (unpaired) electrons. The van der Waals surface area contributed by atoms with E-state index in [9.17, 15) is 4.79 Å². The fraction of sp³-hybridized carbons (Fsp3) is 0.278. The van der Waals surface area contributed by atoms with Crippen LogP contribution in [0.3, 0.4) is 0 Å². The van der Waals surface area contributed by atoms with Gasteiger partial charge in [0.05, 0.1) is 35.7 Å². The summed E-state index contributed by atoms with van der Waals surface area (Å²) in [4.78, 5) is 33.0. The van der Waals surface area contributed by atoms with Gasteiger partial charge in [-0.3, -0.25) is 14.3 Å². The highest BCUT2D eigenvalue weighted by Crippen LogP contribution is 2.34. The molecular formula is C36H37N7O2. The fourth-order valence-electron chi connectivity index (χ4n) is 6.38. The van der Waals surface area contributed by atoms with Crippen LogP contribution in [-0.2, 0) is 4.74 Å². The predicted octanol–water partition coefficient (Wildman–Crippen LogP) is 6.26. The van der Waals surface area contributed by atoms with Crippen molar-refractivity contribution in [1.82, 2.24) is 29.3 Å². The number of likely N-dealkylation sites (N-methyl/N-ethyl adjacent to an activating group) is 1. The quantitative estimate of drug-likeness (QED) is 0.235. The molecular weight excluding hydrogens is 562 g/mol. The number of anilines is 2. The van der Waals surface area contributed by atoms with Gasteiger partial charge in [-0.25, -0.2) is 4.98 Å². The van der Waals surface area contributed by atoms with E-state index in [4.69, 9.17) is 14.7 Å². The van der Waals surface area contributed by atoms with E-state index < -0.39 is 0 Å². The molecule has 228 valence electrons. The monoisotopic (exact) mass is 599 g/mol. The molecule has 2 saturated heterocycles. The lowest BCUT2D eigenvalue weighted by Crippen LogP contribution is -2.35. The molecule has 9 nitrogen and oxygen atoms in total. The molecule has 2 fully saturated rings. The minimum atomic E-state index is -0.190. The van der Waals surface area contributed by atoms with Crippen molar-refractivity contribution in [2.45, 2.75) is 31.9 Å². The average Bonchev–Trinajstić information content (AvgIpc) is 3.56. The summed E-state index contributed by atoms with van der Waals surface area (Å²) in [6.45, 7) is 9.75. The third-order valence-electron chi connectivity index (χ3n) is 8.75. The van der Waals surface area contributed by atoms with E-state index in [1.807, 2.05) is 67.7 Å². The molecule has 9 heteroatoms. The van der Waals surface area contributed by atoms with E-state index in [0.29, 0.717) is 22.9 Å². The van der Waals surface area contributed by atoms with E-state index in [0.717, 1.165) is 72.7 Å². The van der Waals surface area contributed by atoms with Crippen molar-refractivity contribution in [3.63, 3.8) is 0 Å². The van der Waals surface area contributed by atoms with Gasteiger partial charge in [-0.15, -0.1) is 0 Å². The number of benzene rings is 2. The number of likely N-dealkylation sites (tertiary alicyclic amines) is 1. The molecule has 2 aromatic carbocycles. The molecule has 45 heavy (non-hydrogen) atoms. The summed E-state index contributed by atoms with van der Waals surface area (Å²) < 4.78 is 7.61. The lowest BCUT2D eigenvalue weighted by molar-refractivity contribution is -0.0208. The number of morpholine rings is 1. The molecule has 2 aliphatic rings. The van der Waals surface area contributed by atoms with E-state index in [2.05, 4.69) is 51.9 Å². The number of hydrogen-bond donors (Lipinski definition) is 1. The number of ether oxygens (including phenoxy) is 1. The number of fused-ring (bicyclic) bond motifs is 1. The van der Waals surface area contributed by atoms with Gasteiger partial charge in [0, 0.05) is 48.8 Å². The average molecular weight is 600 g/mol. The van der Waals surface area contributed by atoms with Crippen LogP contribution in [0.25, 0.3) is 28.0 Å². The van der Waals surface area contributed by atoms with Crippen molar-refractivity contribution in [3.8, 4) is 16.9 Å². The molecule has 7 rings (SSSR count). The lowest BCUT2D eigenvalue weighted by Gasteiger charge is -2.30. The van der Waals surface area contributed by atoms with Crippen LogP contribution in [0.2, 0.25) is 0 Å². The SMILES string of the molecule is C=C(C)N1CCCC1c1ccc(-c2cc3cnc(Nc4ccc(C5CN(C)CCO5)cc4)nc3n(-c3ccccc3)c2=O)nc1. The number of aromatic nitrogens is 4. The smallest absolute Gasteiger partial charge is 0.266 e. The Morgan fingerprint density at radius 3 is 2.51 bits per heavy atom. The Hall–Kier alpha value is -4.86. The largest absolute Gasteiger partial charge is 0.371 e. The van der Waals surface area contributed by atoms with Crippen LogP contribution >= 0.6 is 0 Å². The fourth-order valence-corrected chi connectivity index (χ4v) is 6.38. The summed E-state index contributed by atoms with van der Waals surface area (Å²) in [5.74, 6) is 0.404. The minimum Gasteiger partial charge on any atom is -0.371 e. The molecule has 2 atom stereocenters. The minimum absolute atomic E-state index is 0.0589. The Bertz CT molecular complexity index is 1890. The van der Waals surface area contributed by atoms with Crippen LogP contribution in [0.15, 0.2) is 102 Å². The first kappa shape index (κ1) is 28.9.